The fourth-order valence-electron chi connectivity index (χ4n) is 3.28. The number of aromatic nitrogens is 5. The third kappa shape index (κ3) is 3.57. The summed E-state index contributed by atoms with van der Waals surface area (Å²) in [6.45, 7) is 0.0923. The molecule has 4 heterocycles. The Morgan fingerprint density at radius 1 is 1.10 bits per heavy atom. The predicted molar refractivity (Wildman–Crippen MR) is 113 cm³/mol. The molecule has 0 aliphatic rings. The van der Waals surface area contributed by atoms with Crippen LogP contribution in [0.4, 0.5) is 19.0 Å². The molecule has 156 valence electrons. The molecule has 11 heteroatoms. The maximum atomic E-state index is 13.2. The predicted octanol–water partition coefficient (Wildman–Crippen LogP) is 5.69. The molecule has 0 radical (unpaired) electrons. The third-order valence-corrected chi connectivity index (χ3v) is 5.89. The highest BCUT2D eigenvalue weighted by Gasteiger charge is 2.32. The molecule has 0 saturated heterocycles. The number of hydrogen-bond acceptors (Lipinski definition) is 6. The average Bonchev–Trinajstić information content (AvgIpc) is 3.37. The molecule has 1 aromatic carbocycles. The van der Waals surface area contributed by atoms with Crippen LogP contribution in [0.2, 0.25) is 5.02 Å². The van der Waals surface area contributed by atoms with E-state index in [1.807, 2.05) is 35.7 Å². The first-order valence-electron chi connectivity index (χ1n) is 9.03. The number of nitrogens with zero attached hydrogens (tertiary/aromatic N) is 5. The largest absolute Gasteiger partial charge is 0.417 e. The van der Waals surface area contributed by atoms with Crippen LogP contribution < -0.4 is 5.32 Å². The SMILES string of the molecule is FC(F)(F)c1cc(Cl)c2nnc(CNc3ncnc4scc(-c5ccccc5)c34)n2c1. The molecule has 0 bridgehead atoms. The van der Waals surface area contributed by atoms with Crippen LogP contribution in [0, 0.1) is 0 Å². The van der Waals surface area contributed by atoms with Crippen LogP contribution in [0.1, 0.15) is 11.4 Å². The summed E-state index contributed by atoms with van der Waals surface area (Å²) in [4.78, 5) is 9.46. The van der Waals surface area contributed by atoms with Crippen LogP contribution in [0.25, 0.3) is 27.0 Å². The molecule has 0 fully saturated rings. The Morgan fingerprint density at radius 3 is 2.68 bits per heavy atom. The number of halogens is 4. The number of alkyl halides is 3. The zero-order valence-corrected chi connectivity index (χ0v) is 17.1. The second-order valence-electron chi connectivity index (χ2n) is 6.66. The van der Waals surface area contributed by atoms with E-state index in [9.17, 15) is 13.2 Å². The fraction of sp³-hybridized carbons (Fsp3) is 0.100. The van der Waals surface area contributed by atoms with Crippen LogP contribution in [0.5, 0.6) is 0 Å². The van der Waals surface area contributed by atoms with Gasteiger partial charge in [-0.05, 0) is 11.6 Å². The van der Waals surface area contributed by atoms with Gasteiger partial charge in [0.25, 0.3) is 0 Å². The van der Waals surface area contributed by atoms with Gasteiger partial charge >= 0.3 is 6.18 Å². The molecule has 0 atom stereocenters. The second-order valence-corrected chi connectivity index (χ2v) is 7.92. The number of anilines is 1. The minimum atomic E-state index is -4.53. The van der Waals surface area contributed by atoms with Gasteiger partial charge in [0.15, 0.2) is 11.5 Å². The Labute approximate surface area is 182 Å². The van der Waals surface area contributed by atoms with Crippen molar-refractivity contribution in [3.8, 4) is 11.1 Å². The lowest BCUT2D eigenvalue weighted by Gasteiger charge is -2.10. The van der Waals surface area contributed by atoms with Gasteiger partial charge in [0.1, 0.15) is 17.0 Å². The van der Waals surface area contributed by atoms with E-state index in [1.165, 1.54) is 22.1 Å². The van der Waals surface area contributed by atoms with Crippen LogP contribution in [-0.4, -0.2) is 24.6 Å². The molecule has 5 aromatic rings. The Bertz CT molecular complexity index is 1400. The first kappa shape index (κ1) is 19.7. The van der Waals surface area contributed by atoms with Crippen LogP contribution in [-0.2, 0) is 12.7 Å². The zero-order valence-electron chi connectivity index (χ0n) is 15.6. The first-order valence-corrected chi connectivity index (χ1v) is 10.3. The van der Waals surface area contributed by atoms with Gasteiger partial charge in [0.05, 0.1) is 22.5 Å². The summed E-state index contributed by atoms with van der Waals surface area (Å²) in [5, 5.41) is 13.8. The summed E-state index contributed by atoms with van der Waals surface area (Å²) in [5.74, 6) is 0.825. The number of fused-ring (bicyclic) bond motifs is 2. The number of rotatable bonds is 4. The van der Waals surface area contributed by atoms with E-state index in [0.717, 1.165) is 33.6 Å². The monoisotopic (exact) mass is 460 g/mol. The summed E-state index contributed by atoms with van der Waals surface area (Å²) < 4.78 is 40.8. The van der Waals surface area contributed by atoms with Crippen molar-refractivity contribution in [2.24, 2.45) is 0 Å². The van der Waals surface area contributed by atoms with Crippen molar-refractivity contribution < 1.29 is 13.2 Å². The van der Waals surface area contributed by atoms with Gasteiger partial charge in [-0.15, -0.1) is 21.5 Å². The van der Waals surface area contributed by atoms with Crippen molar-refractivity contribution in [2.75, 3.05) is 5.32 Å². The molecular weight excluding hydrogens is 449 g/mol. The van der Waals surface area contributed by atoms with Crippen molar-refractivity contribution >= 4 is 44.6 Å². The van der Waals surface area contributed by atoms with E-state index in [-0.39, 0.29) is 23.0 Å². The van der Waals surface area contributed by atoms with Crippen LogP contribution >= 0.6 is 22.9 Å². The maximum absolute atomic E-state index is 13.2. The quantitative estimate of drug-likeness (QED) is 0.373. The van der Waals surface area contributed by atoms with E-state index in [0.29, 0.717) is 5.82 Å². The minimum Gasteiger partial charge on any atom is -0.362 e. The summed E-state index contributed by atoms with van der Waals surface area (Å²) in [5.41, 5.74) is 1.26. The van der Waals surface area contributed by atoms with E-state index < -0.39 is 11.7 Å². The Morgan fingerprint density at radius 2 is 1.90 bits per heavy atom. The number of nitrogens with one attached hydrogen (secondary N) is 1. The average molecular weight is 461 g/mol. The minimum absolute atomic E-state index is 0.0923. The molecule has 0 saturated carbocycles. The van der Waals surface area contributed by atoms with Crippen molar-refractivity contribution in [2.45, 2.75) is 12.7 Å². The Hall–Kier alpha value is -3.24. The third-order valence-electron chi connectivity index (χ3n) is 4.73. The van der Waals surface area contributed by atoms with Crippen LogP contribution in [0.3, 0.4) is 0 Å². The summed E-state index contributed by atoms with van der Waals surface area (Å²) >= 11 is 7.48. The van der Waals surface area contributed by atoms with Gasteiger partial charge in [-0.2, -0.15) is 13.2 Å². The lowest BCUT2D eigenvalue weighted by Crippen LogP contribution is -2.10. The van der Waals surface area contributed by atoms with Crippen molar-refractivity contribution in [1.82, 2.24) is 24.6 Å². The van der Waals surface area contributed by atoms with Gasteiger partial charge in [-0.1, -0.05) is 41.9 Å². The standard InChI is InChI=1S/C20H12ClF3N6S/c21-14-6-12(20(22,23)24)8-30-15(28-29-18(14)30)7-25-17-16-13(11-4-2-1-3-5-11)9-31-19(16)27-10-26-17/h1-6,8-10H,7H2,(H,25,26,27). The lowest BCUT2D eigenvalue weighted by molar-refractivity contribution is -0.137. The molecule has 4 aromatic heterocycles. The van der Waals surface area contributed by atoms with Gasteiger partial charge in [-0.3, -0.25) is 4.40 Å². The first-order chi connectivity index (χ1) is 14.9. The molecule has 6 nitrogen and oxygen atoms in total. The Kier molecular flexibility index (Phi) is 4.75. The van der Waals surface area contributed by atoms with E-state index in [4.69, 9.17) is 11.6 Å². The number of pyridine rings is 1. The molecule has 0 aliphatic carbocycles. The normalized spacial score (nSPS) is 12.0. The summed E-state index contributed by atoms with van der Waals surface area (Å²) in [6, 6.07) is 10.6. The van der Waals surface area contributed by atoms with Gasteiger partial charge in [0.2, 0.25) is 0 Å². The van der Waals surface area contributed by atoms with Crippen molar-refractivity contribution in [3.63, 3.8) is 0 Å². The van der Waals surface area contributed by atoms with Gasteiger partial charge in [-0.25, -0.2) is 9.97 Å². The van der Waals surface area contributed by atoms with E-state index in [2.05, 4.69) is 25.5 Å². The molecule has 0 spiro atoms. The fourth-order valence-corrected chi connectivity index (χ4v) is 4.44. The molecule has 31 heavy (non-hydrogen) atoms. The number of benzene rings is 1. The molecule has 0 unspecified atom stereocenters. The number of thiophene rings is 1. The summed E-state index contributed by atoms with van der Waals surface area (Å²) in [6.07, 6.45) is -2.16. The lowest BCUT2D eigenvalue weighted by atomic mass is 10.1. The smallest absolute Gasteiger partial charge is 0.362 e. The highest BCUT2D eigenvalue weighted by atomic mass is 35.5. The van der Waals surface area contributed by atoms with Crippen molar-refractivity contribution in [3.05, 3.63) is 70.7 Å². The Balaban J connectivity index is 1.53. The zero-order chi connectivity index (χ0) is 21.6. The second kappa shape index (κ2) is 7.47. The van der Waals surface area contributed by atoms with Gasteiger partial charge < -0.3 is 5.32 Å². The molecule has 5 rings (SSSR count). The highest BCUT2D eigenvalue weighted by molar-refractivity contribution is 7.17. The molecular formula is C20H12ClF3N6S. The topological polar surface area (TPSA) is 68.0 Å². The highest BCUT2D eigenvalue weighted by Crippen LogP contribution is 2.36. The molecule has 0 amide bonds. The maximum Gasteiger partial charge on any atom is 0.417 e. The van der Waals surface area contributed by atoms with Crippen LogP contribution in [0.15, 0.2) is 54.3 Å². The van der Waals surface area contributed by atoms with E-state index in [1.54, 1.807) is 0 Å². The summed E-state index contributed by atoms with van der Waals surface area (Å²) in [7, 11) is 0. The van der Waals surface area contributed by atoms with Gasteiger partial charge in [0, 0.05) is 17.1 Å². The van der Waals surface area contributed by atoms with E-state index >= 15 is 0 Å². The molecule has 1 N–H and O–H groups in total. The van der Waals surface area contributed by atoms with Crippen molar-refractivity contribution in [1.29, 1.82) is 0 Å². The molecule has 0 aliphatic heterocycles. The number of hydrogen-bond donors (Lipinski definition) is 1.